The molecular weight excluding hydrogens is 376 g/mol. The first kappa shape index (κ1) is 19.9. The zero-order chi connectivity index (χ0) is 20.4. The summed E-state index contributed by atoms with van der Waals surface area (Å²) in [6.07, 6.45) is 0. The minimum Gasteiger partial charge on any atom is -0.384 e. The second-order valence-electron chi connectivity index (χ2n) is 6.97. The highest BCUT2D eigenvalue weighted by molar-refractivity contribution is 7.99. The van der Waals surface area contributed by atoms with Crippen LogP contribution in [0.5, 0.6) is 0 Å². The van der Waals surface area contributed by atoms with Crippen LogP contribution in [0.15, 0.2) is 51.0 Å². The summed E-state index contributed by atoms with van der Waals surface area (Å²) in [5.41, 5.74) is 5.56. The van der Waals surface area contributed by atoms with Crippen LogP contribution in [0.2, 0.25) is 0 Å². The number of thioether (sulfide) groups is 1. The molecule has 7 nitrogen and oxygen atoms in total. The van der Waals surface area contributed by atoms with E-state index in [1.807, 2.05) is 50.2 Å². The lowest BCUT2D eigenvalue weighted by Crippen LogP contribution is -2.43. The van der Waals surface area contributed by atoms with Crippen LogP contribution in [0.4, 0.5) is 5.82 Å². The summed E-state index contributed by atoms with van der Waals surface area (Å²) >= 11 is 1.23. The van der Waals surface area contributed by atoms with Gasteiger partial charge in [0.1, 0.15) is 11.4 Å². The Balaban J connectivity index is 1.90. The molecule has 0 aliphatic carbocycles. The number of aromatic nitrogens is 3. The van der Waals surface area contributed by atoms with Crippen molar-refractivity contribution in [3.05, 3.63) is 62.8 Å². The van der Waals surface area contributed by atoms with Crippen molar-refractivity contribution in [2.24, 2.45) is 13.0 Å². The smallest absolute Gasteiger partial charge is 0.332 e. The second-order valence-corrected chi connectivity index (χ2v) is 7.96. The molecule has 0 radical (unpaired) electrons. The molecule has 0 bridgehead atoms. The van der Waals surface area contributed by atoms with Gasteiger partial charge < -0.3 is 5.73 Å². The van der Waals surface area contributed by atoms with Crippen LogP contribution >= 0.6 is 11.8 Å². The lowest BCUT2D eigenvalue weighted by Gasteiger charge is -2.16. The van der Waals surface area contributed by atoms with Crippen LogP contribution in [0.25, 0.3) is 10.9 Å². The molecule has 0 fully saturated rings. The van der Waals surface area contributed by atoms with E-state index in [0.717, 1.165) is 15.5 Å². The van der Waals surface area contributed by atoms with Crippen LogP contribution in [0, 0.1) is 5.92 Å². The first-order chi connectivity index (χ1) is 13.3. The Morgan fingerprint density at radius 2 is 1.89 bits per heavy atom. The number of hydrogen-bond donors (Lipinski definition) is 1. The number of rotatable bonds is 6. The van der Waals surface area contributed by atoms with E-state index in [0.29, 0.717) is 11.6 Å². The van der Waals surface area contributed by atoms with Gasteiger partial charge in [0.15, 0.2) is 5.78 Å². The van der Waals surface area contributed by atoms with E-state index in [-0.39, 0.29) is 23.1 Å². The van der Waals surface area contributed by atoms with Crippen molar-refractivity contribution >= 4 is 34.3 Å². The van der Waals surface area contributed by atoms with Crippen molar-refractivity contribution in [1.29, 1.82) is 0 Å². The fraction of sp³-hybridized carbons (Fsp3) is 0.300. The molecule has 1 aromatic carbocycles. The number of Topliss-reactive ketones (excluding diaryl/α,β-unsaturated/α-hetero) is 1. The van der Waals surface area contributed by atoms with Crippen LogP contribution in [-0.2, 0) is 13.6 Å². The Morgan fingerprint density at radius 1 is 1.18 bits per heavy atom. The molecule has 2 aromatic heterocycles. The number of nitrogen functional groups attached to an aromatic ring is 1. The molecule has 0 atom stereocenters. The fourth-order valence-corrected chi connectivity index (χ4v) is 3.68. The van der Waals surface area contributed by atoms with E-state index in [1.54, 1.807) is 0 Å². The van der Waals surface area contributed by atoms with Crippen molar-refractivity contribution in [3.63, 3.8) is 0 Å². The largest absolute Gasteiger partial charge is 0.384 e. The van der Waals surface area contributed by atoms with Gasteiger partial charge in [0.2, 0.25) is 0 Å². The average molecular weight is 398 g/mol. The van der Waals surface area contributed by atoms with Gasteiger partial charge in [-0.3, -0.25) is 18.7 Å². The number of ketones is 1. The first-order valence-electron chi connectivity index (χ1n) is 8.90. The number of para-hydroxylation sites is 1. The minimum absolute atomic E-state index is 0.00463. The Bertz CT molecular complexity index is 1160. The molecule has 8 heteroatoms. The van der Waals surface area contributed by atoms with Crippen molar-refractivity contribution < 1.29 is 4.79 Å². The number of pyridine rings is 1. The van der Waals surface area contributed by atoms with Crippen molar-refractivity contribution in [3.8, 4) is 0 Å². The molecule has 146 valence electrons. The van der Waals surface area contributed by atoms with E-state index in [4.69, 9.17) is 5.73 Å². The van der Waals surface area contributed by atoms with Gasteiger partial charge in [-0.2, -0.15) is 0 Å². The van der Waals surface area contributed by atoms with Gasteiger partial charge in [0.05, 0.1) is 16.3 Å². The summed E-state index contributed by atoms with van der Waals surface area (Å²) in [5.74, 6) is -0.351. The number of nitrogens with two attached hydrogens (primary N) is 1. The zero-order valence-electron chi connectivity index (χ0n) is 16.0. The molecule has 0 aliphatic rings. The predicted octanol–water partition coefficient (Wildman–Crippen LogP) is 2.31. The van der Waals surface area contributed by atoms with E-state index in [9.17, 15) is 14.4 Å². The SMILES string of the molecule is CC(C)Cn1c(N)c(C(=O)CSc2ccc3ccccc3n2)c(=O)n(C)c1=O. The molecule has 2 heterocycles. The highest BCUT2D eigenvalue weighted by Gasteiger charge is 2.22. The van der Waals surface area contributed by atoms with Crippen LogP contribution in [-0.4, -0.2) is 25.7 Å². The molecule has 0 aliphatic heterocycles. The molecule has 28 heavy (non-hydrogen) atoms. The molecule has 0 saturated carbocycles. The van der Waals surface area contributed by atoms with E-state index >= 15 is 0 Å². The monoisotopic (exact) mass is 398 g/mol. The minimum atomic E-state index is -0.667. The summed E-state index contributed by atoms with van der Waals surface area (Å²) in [6.45, 7) is 4.19. The maximum Gasteiger partial charge on any atom is 0.332 e. The third-order valence-electron chi connectivity index (χ3n) is 4.33. The molecular formula is C20H22N4O3S. The summed E-state index contributed by atoms with van der Waals surface area (Å²) in [5, 5.41) is 1.69. The standard InChI is InChI=1S/C20H22N4O3S/c1-12(2)10-24-18(21)17(19(26)23(3)20(24)27)15(25)11-28-16-9-8-13-6-4-5-7-14(13)22-16/h4-9,12H,10-11,21H2,1-3H3. The highest BCUT2D eigenvalue weighted by atomic mass is 32.2. The molecule has 0 saturated heterocycles. The van der Waals surface area contributed by atoms with Crippen LogP contribution in [0.1, 0.15) is 24.2 Å². The first-order valence-corrected chi connectivity index (χ1v) is 9.89. The fourth-order valence-electron chi connectivity index (χ4n) is 2.93. The maximum absolute atomic E-state index is 12.8. The van der Waals surface area contributed by atoms with E-state index in [2.05, 4.69) is 4.98 Å². The van der Waals surface area contributed by atoms with Crippen molar-refractivity contribution in [2.75, 3.05) is 11.5 Å². The zero-order valence-corrected chi connectivity index (χ0v) is 16.8. The predicted molar refractivity (Wildman–Crippen MR) is 112 cm³/mol. The van der Waals surface area contributed by atoms with Gasteiger partial charge in [0, 0.05) is 19.0 Å². The summed E-state index contributed by atoms with van der Waals surface area (Å²) in [4.78, 5) is 42.1. The highest BCUT2D eigenvalue weighted by Crippen LogP contribution is 2.21. The lowest BCUT2D eigenvalue weighted by atomic mass is 10.2. The Labute approximate surface area is 166 Å². The summed E-state index contributed by atoms with van der Waals surface area (Å²) < 4.78 is 2.23. The number of hydrogen-bond acceptors (Lipinski definition) is 6. The normalized spacial score (nSPS) is 11.3. The summed E-state index contributed by atoms with van der Waals surface area (Å²) in [6, 6.07) is 11.5. The Kier molecular flexibility index (Phi) is 5.69. The van der Waals surface area contributed by atoms with Gasteiger partial charge in [-0.05, 0) is 18.1 Å². The Morgan fingerprint density at radius 3 is 2.61 bits per heavy atom. The Hall–Kier alpha value is -2.87. The lowest BCUT2D eigenvalue weighted by molar-refractivity contribution is 0.102. The number of fused-ring (bicyclic) bond motifs is 1. The van der Waals surface area contributed by atoms with Crippen molar-refractivity contribution in [2.45, 2.75) is 25.4 Å². The van der Waals surface area contributed by atoms with Gasteiger partial charge in [-0.1, -0.05) is 49.9 Å². The van der Waals surface area contributed by atoms with Gasteiger partial charge in [-0.25, -0.2) is 9.78 Å². The third kappa shape index (κ3) is 3.87. The van der Waals surface area contributed by atoms with Crippen LogP contribution in [0.3, 0.4) is 0 Å². The third-order valence-corrected chi connectivity index (χ3v) is 5.26. The van der Waals surface area contributed by atoms with Gasteiger partial charge >= 0.3 is 5.69 Å². The number of nitrogens with zero attached hydrogens (tertiary/aromatic N) is 3. The second kappa shape index (κ2) is 8.02. The molecule has 0 spiro atoms. The van der Waals surface area contributed by atoms with Crippen LogP contribution < -0.4 is 17.0 Å². The number of carbonyl (C=O) groups is 1. The molecule has 2 N–H and O–H groups in total. The molecule has 3 rings (SSSR count). The number of anilines is 1. The van der Waals surface area contributed by atoms with Crippen molar-refractivity contribution in [1.82, 2.24) is 14.1 Å². The molecule has 3 aromatic rings. The average Bonchev–Trinajstić information content (AvgIpc) is 2.68. The molecule has 0 unspecified atom stereocenters. The number of carbonyl (C=O) groups excluding carboxylic acids is 1. The van der Waals surface area contributed by atoms with Gasteiger partial charge in [-0.15, -0.1) is 0 Å². The topological polar surface area (TPSA) is 100.0 Å². The number of benzene rings is 1. The maximum atomic E-state index is 12.8. The quantitative estimate of drug-likeness (QED) is 0.505. The van der Waals surface area contributed by atoms with Gasteiger partial charge in [0.25, 0.3) is 5.56 Å². The summed E-state index contributed by atoms with van der Waals surface area (Å²) in [7, 11) is 1.36. The van der Waals surface area contributed by atoms with E-state index < -0.39 is 17.0 Å². The van der Waals surface area contributed by atoms with E-state index in [1.165, 1.54) is 23.4 Å². The molecule has 0 amide bonds.